The van der Waals surface area contributed by atoms with Crippen LogP contribution in [0.3, 0.4) is 0 Å². The number of amides is 1. The van der Waals surface area contributed by atoms with E-state index >= 15 is 0 Å². The van der Waals surface area contributed by atoms with Gasteiger partial charge >= 0.3 is 6.18 Å². The number of carbonyl (C=O) groups is 1. The number of hydrogen-bond acceptors (Lipinski definition) is 4. The topological polar surface area (TPSA) is 87.6 Å². The molecule has 3 heterocycles. The van der Waals surface area contributed by atoms with Crippen LogP contribution >= 0.6 is 0 Å². The molecule has 1 fully saturated rings. The number of anilines is 1. The fourth-order valence-corrected chi connectivity index (χ4v) is 3.19. The minimum atomic E-state index is -4.50. The Bertz CT molecular complexity index is 970. The molecule has 1 aromatic carbocycles. The second kappa shape index (κ2) is 7.12. The normalized spacial score (nSPS) is 17.0. The highest BCUT2D eigenvalue weighted by molar-refractivity contribution is 6.02. The number of nitrogens with zero attached hydrogens (tertiary/aromatic N) is 3. The summed E-state index contributed by atoms with van der Waals surface area (Å²) < 4.78 is 39.8. The molecule has 1 unspecified atom stereocenters. The van der Waals surface area contributed by atoms with Gasteiger partial charge in [-0.15, -0.1) is 0 Å². The van der Waals surface area contributed by atoms with Crippen LogP contribution in [-0.2, 0) is 6.18 Å². The van der Waals surface area contributed by atoms with E-state index in [0.29, 0.717) is 11.6 Å². The molecule has 28 heavy (non-hydrogen) atoms. The Morgan fingerprint density at radius 1 is 1.21 bits per heavy atom. The van der Waals surface area contributed by atoms with Crippen molar-refractivity contribution in [3.05, 3.63) is 59.7 Å². The van der Waals surface area contributed by atoms with Crippen molar-refractivity contribution in [2.45, 2.75) is 18.5 Å². The molecule has 2 aromatic heterocycles. The molecule has 3 aromatic rings. The summed E-state index contributed by atoms with van der Waals surface area (Å²) in [6.45, 7) is 1.78. The van der Waals surface area contributed by atoms with Crippen LogP contribution in [0.25, 0.3) is 5.69 Å². The zero-order chi connectivity index (χ0) is 19.7. The first-order chi connectivity index (χ1) is 13.4. The van der Waals surface area contributed by atoms with Crippen molar-refractivity contribution < 1.29 is 18.0 Å². The minimum Gasteiger partial charge on any atom is -0.321 e. The summed E-state index contributed by atoms with van der Waals surface area (Å²) in [5.41, 5.74) is 0.990. The lowest BCUT2D eigenvalue weighted by Gasteiger charge is -2.11. The molecule has 3 N–H and O–H groups in total. The summed E-state index contributed by atoms with van der Waals surface area (Å²) >= 11 is 0. The molecule has 0 spiro atoms. The molecule has 1 amide bonds. The Labute approximate surface area is 157 Å². The first kappa shape index (κ1) is 18.2. The molecule has 10 heteroatoms. The summed E-state index contributed by atoms with van der Waals surface area (Å²) in [4.78, 5) is 12.4. The van der Waals surface area contributed by atoms with Crippen LogP contribution in [-0.4, -0.2) is 39.0 Å². The van der Waals surface area contributed by atoms with Gasteiger partial charge in [-0.2, -0.15) is 23.4 Å². The smallest absolute Gasteiger partial charge is 0.321 e. The van der Waals surface area contributed by atoms with Crippen molar-refractivity contribution in [2.24, 2.45) is 0 Å². The highest BCUT2D eigenvalue weighted by atomic mass is 19.4. The molecule has 1 atom stereocenters. The SMILES string of the molecule is O=C(Nc1ccc(-n2nccc2C(F)(F)F)cc1)c1cc(C2CCNC2)[nH]n1. The second-order valence-electron chi connectivity index (χ2n) is 6.53. The number of H-pyrrole nitrogens is 1. The average molecular weight is 390 g/mol. The first-order valence-corrected chi connectivity index (χ1v) is 8.71. The van der Waals surface area contributed by atoms with E-state index < -0.39 is 17.8 Å². The van der Waals surface area contributed by atoms with Crippen molar-refractivity contribution in [1.82, 2.24) is 25.3 Å². The zero-order valence-corrected chi connectivity index (χ0v) is 14.6. The van der Waals surface area contributed by atoms with Crippen LogP contribution in [0.5, 0.6) is 0 Å². The summed E-state index contributed by atoms with van der Waals surface area (Å²) in [7, 11) is 0. The fourth-order valence-electron chi connectivity index (χ4n) is 3.19. The van der Waals surface area contributed by atoms with Crippen LogP contribution in [0.2, 0.25) is 0 Å². The fraction of sp³-hybridized carbons (Fsp3) is 0.278. The molecule has 1 aliphatic heterocycles. The number of halogens is 3. The van der Waals surface area contributed by atoms with E-state index in [1.54, 1.807) is 6.07 Å². The molecule has 0 aliphatic carbocycles. The number of hydrogen-bond donors (Lipinski definition) is 3. The third-order valence-electron chi connectivity index (χ3n) is 4.63. The van der Waals surface area contributed by atoms with Gasteiger partial charge in [0.15, 0.2) is 5.69 Å². The monoisotopic (exact) mass is 390 g/mol. The lowest BCUT2D eigenvalue weighted by molar-refractivity contribution is -0.142. The number of rotatable bonds is 4. The standard InChI is InChI=1S/C18H17F3N6O/c19-18(20,21)16-6-8-23-27(16)13-3-1-12(2-4-13)24-17(28)15-9-14(25-26-15)11-5-7-22-10-11/h1-4,6,8-9,11,22H,5,7,10H2,(H,24,28)(H,25,26). The predicted molar refractivity (Wildman–Crippen MR) is 95.3 cm³/mol. The van der Waals surface area contributed by atoms with E-state index in [2.05, 4.69) is 25.9 Å². The summed E-state index contributed by atoms with van der Waals surface area (Å²) in [5, 5.41) is 16.6. The Balaban J connectivity index is 1.46. The average Bonchev–Trinajstić information content (AvgIpc) is 3.41. The third kappa shape index (κ3) is 3.63. The predicted octanol–water partition coefficient (Wildman–Crippen LogP) is 2.94. The quantitative estimate of drug-likeness (QED) is 0.639. The molecule has 0 saturated carbocycles. The molecule has 7 nitrogen and oxygen atoms in total. The zero-order valence-electron chi connectivity index (χ0n) is 14.6. The molecule has 4 rings (SSSR count). The highest BCUT2D eigenvalue weighted by Crippen LogP contribution is 2.30. The van der Waals surface area contributed by atoms with Gasteiger partial charge in [-0.1, -0.05) is 0 Å². The van der Waals surface area contributed by atoms with Gasteiger partial charge in [0, 0.05) is 23.8 Å². The maximum atomic E-state index is 13.0. The second-order valence-corrected chi connectivity index (χ2v) is 6.53. The Kier molecular flexibility index (Phi) is 4.63. The van der Waals surface area contributed by atoms with Gasteiger partial charge in [0.05, 0.1) is 11.9 Å². The van der Waals surface area contributed by atoms with E-state index in [9.17, 15) is 18.0 Å². The molecule has 1 saturated heterocycles. The van der Waals surface area contributed by atoms with E-state index in [4.69, 9.17) is 0 Å². The van der Waals surface area contributed by atoms with E-state index in [0.717, 1.165) is 42.1 Å². The van der Waals surface area contributed by atoms with Crippen molar-refractivity contribution in [2.75, 3.05) is 18.4 Å². The van der Waals surface area contributed by atoms with E-state index in [1.165, 1.54) is 24.3 Å². The lowest BCUT2D eigenvalue weighted by atomic mass is 10.1. The molecular weight excluding hydrogens is 373 g/mol. The van der Waals surface area contributed by atoms with Crippen LogP contribution in [0.4, 0.5) is 18.9 Å². The van der Waals surface area contributed by atoms with Gasteiger partial charge in [-0.25, -0.2) is 4.68 Å². The summed E-state index contributed by atoms with van der Waals surface area (Å²) in [6, 6.07) is 8.58. The van der Waals surface area contributed by atoms with Gasteiger partial charge in [0.2, 0.25) is 0 Å². The highest BCUT2D eigenvalue weighted by Gasteiger charge is 2.35. The van der Waals surface area contributed by atoms with Gasteiger partial charge in [-0.3, -0.25) is 9.89 Å². The Morgan fingerprint density at radius 2 is 2.00 bits per heavy atom. The maximum absolute atomic E-state index is 13.0. The van der Waals surface area contributed by atoms with Crippen molar-refractivity contribution in [3.63, 3.8) is 0 Å². The van der Waals surface area contributed by atoms with Crippen LogP contribution in [0.1, 0.15) is 34.2 Å². The van der Waals surface area contributed by atoms with Crippen molar-refractivity contribution in [3.8, 4) is 5.69 Å². The largest absolute Gasteiger partial charge is 0.433 e. The maximum Gasteiger partial charge on any atom is 0.433 e. The van der Waals surface area contributed by atoms with Gasteiger partial charge in [0.25, 0.3) is 5.91 Å². The van der Waals surface area contributed by atoms with Gasteiger partial charge in [-0.05, 0) is 49.4 Å². The van der Waals surface area contributed by atoms with Crippen LogP contribution < -0.4 is 10.6 Å². The van der Waals surface area contributed by atoms with Crippen LogP contribution in [0.15, 0.2) is 42.6 Å². The number of aromatic nitrogens is 4. The summed E-state index contributed by atoms with van der Waals surface area (Å²) in [5.74, 6) is -0.0819. The van der Waals surface area contributed by atoms with Crippen LogP contribution in [0, 0.1) is 0 Å². The summed E-state index contributed by atoms with van der Waals surface area (Å²) in [6.07, 6.45) is -2.43. The first-order valence-electron chi connectivity index (χ1n) is 8.71. The lowest BCUT2D eigenvalue weighted by Crippen LogP contribution is -2.14. The number of alkyl halides is 3. The molecular formula is C18H17F3N6O. The van der Waals surface area contributed by atoms with Gasteiger partial charge in [0.1, 0.15) is 5.69 Å². The number of carbonyl (C=O) groups excluding carboxylic acids is 1. The molecule has 0 radical (unpaired) electrons. The number of benzene rings is 1. The third-order valence-corrected chi connectivity index (χ3v) is 4.63. The Morgan fingerprint density at radius 3 is 2.68 bits per heavy atom. The van der Waals surface area contributed by atoms with E-state index in [1.807, 2.05) is 0 Å². The number of nitrogens with one attached hydrogen (secondary N) is 3. The van der Waals surface area contributed by atoms with Gasteiger partial charge < -0.3 is 10.6 Å². The van der Waals surface area contributed by atoms with Crippen molar-refractivity contribution in [1.29, 1.82) is 0 Å². The minimum absolute atomic E-state index is 0.242. The number of aromatic amines is 1. The Hall–Kier alpha value is -3.14. The van der Waals surface area contributed by atoms with Crippen molar-refractivity contribution >= 4 is 11.6 Å². The van der Waals surface area contributed by atoms with E-state index in [-0.39, 0.29) is 11.4 Å². The molecule has 0 bridgehead atoms. The molecule has 1 aliphatic rings. The molecule has 146 valence electrons.